The molecule has 0 aliphatic carbocycles. The molecule has 0 aliphatic heterocycles. The lowest BCUT2D eigenvalue weighted by Gasteiger charge is -2.07. The van der Waals surface area contributed by atoms with E-state index in [1.165, 1.54) is 0 Å². The molecule has 3 N–H and O–H groups in total. The number of hydrogen-bond donors (Lipinski definition) is 3. The monoisotopic (exact) mass is 204 g/mol. The number of phenols is 1. The summed E-state index contributed by atoms with van der Waals surface area (Å²) < 4.78 is 25.6. The fraction of sp³-hybridized carbons (Fsp3) is 0.125. The fourth-order valence-corrected chi connectivity index (χ4v) is 0.894. The van der Waals surface area contributed by atoms with Crippen LogP contribution in [0.4, 0.5) is 8.78 Å². The molecule has 0 aliphatic rings. The number of hydrogen-bond acceptors (Lipinski definition) is 3. The fourth-order valence-electron chi connectivity index (χ4n) is 0.894. The van der Waals surface area contributed by atoms with Crippen molar-refractivity contribution in [2.45, 2.75) is 6.10 Å². The summed E-state index contributed by atoms with van der Waals surface area (Å²) >= 11 is 0. The molecule has 0 aromatic heterocycles. The van der Waals surface area contributed by atoms with E-state index >= 15 is 0 Å². The number of aliphatic hydroxyl groups is 1. The molecule has 0 spiro atoms. The molecule has 0 amide bonds. The highest BCUT2D eigenvalue weighted by atomic mass is 19.1. The summed E-state index contributed by atoms with van der Waals surface area (Å²) in [5, 5.41) is 25.9. The topological polar surface area (TPSA) is 77.8 Å². The smallest absolute Gasteiger partial charge is 0.337 e. The van der Waals surface area contributed by atoms with Crippen molar-refractivity contribution in [3.63, 3.8) is 0 Å². The van der Waals surface area contributed by atoms with Gasteiger partial charge in [0.05, 0.1) is 0 Å². The van der Waals surface area contributed by atoms with E-state index in [9.17, 15) is 13.6 Å². The molecule has 0 saturated heterocycles. The Morgan fingerprint density at radius 2 is 1.86 bits per heavy atom. The molecule has 76 valence electrons. The van der Waals surface area contributed by atoms with Gasteiger partial charge in [-0.1, -0.05) is 0 Å². The van der Waals surface area contributed by atoms with E-state index in [0.717, 1.165) is 0 Å². The number of rotatable bonds is 2. The molecule has 0 radical (unpaired) electrons. The maximum atomic E-state index is 12.9. The SMILES string of the molecule is O=C(O)C(O)c1cc(F)c(O)cc1F. The lowest BCUT2D eigenvalue weighted by molar-refractivity contribution is -0.147. The average Bonchev–Trinajstić information content (AvgIpc) is 2.10. The Hall–Kier alpha value is -1.69. The van der Waals surface area contributed by atoms with Crippen molar-refractivity contribution in [2.75, 3.05) is 0 Å². The van der Waals surface area contributed by atoms with Gasteiger partial charge in [0.15, 0.2) is 17.7 Å². The molecular weight excluding hydrogens is 198 g/mol. The summed E-state index contributed by atoms with van der Waals surface area (Å²) in [6, 6.07) is 0.834. The van der Waals surface area contributed by atoms with Crippen LogP contribution in [0, 0.1) is 11.6 Å². The first kappa shape index (κ1) is 10.4. The van der Waals surface area contributed by atoms with Crippen molar-refractivity contribution >= 4 is 5.97 Å². The molecular formula is C8H6F2O4. The number of aliphatic hydroxyl groups excluding tert-OH is 1. The molecule has 4 nitrogen and oxygen atoms in total. The zero-order chi connectivity index (χ0) is 10.9. The third kappa shape index (κ3) is 1.80. The molecule has 0 heterocycles. The van der Waals surface area contributed by atoms with Crippen molar-refractivity contribution in [3.05, 3.63) is 29.3 Å². The Labute approximate surface area is 77.0 Å². The summed E-state index contributed by atoms with van der Waals surface area (Å²) in [5.41, 5.74) is -0.729. The van der Waals surface area contributed by atoms with Crippen LogP contribution in [0.3, 0.4) is 0 Å². The first-order valence-corrected chi connectivity index (χ1v) is 3.52. The van der Waals surface area contributed by atoms with Gasteiger partial charge in [0.1, 0.15) is 5.82 Å². The Bertz CT molecular complexity index is 378. The van der Waals surface area contributed by atoms with Crippen LogP contribution in [0.1, 0.15) is 11.7 Å². The number of carboxylic acid groups (broad SMARTS) is 1. The quantitative estimate of drug-likeness (QED) is 0.665. The number of carboxylic acids is 1. The van der Waals surface area contributed by atoms with Crippen molar-refractivity contribution < 1.29 is 28.9 Å². The summed E-state index contributed by atoms with van der Waals surface area (Å²) in [5.74, 6) is -5.02. The highest BCUT2D eigenvalue weighted by molar-refractivity contribution is 5.74. The first-order valence-electron chi connectivity index (χ1n) is 3.52. The number of carbonyl (C=O) groups is 1. The van der Waals surface area contributed by atoms with Gasteiger partial charge in [-0.25, -0.2) is 13.6 Å². The second kappa shape index (κ2) is 3.59. The van der Waals surface area contributed by atoms with Crippen LogP contribution < -0.4 is 0 Å². The molecule has 0 saturated carbocycles. The Balaban J connectivity index is 3.22. The zero-order valence-electron chi connectivity index (χ0n) is 6.74. The number of phenolic OH excluding ortho intramolecular Hbond substituents is 1. The number of benzene rings is 1. The van der Waals surface area contributed by atoms with Gasteiger partial charge in [-0.2, -0.15) is 0 Å². The van der Waals surface area contributed by atoms with E-state index in [-0.39, 0.29) is 0 Å². The Morgan fingerprint density at radius 1 is 1.29 bits per heavy atom. The molecule has 0 fully saturated rings. The lowest BCUT2D eigenvalue weighted by Crippen LogP contribution is -2.12. The standard InChI is InChI=1S/C8H6F2O4/c9-4-2-6(11)5(10)1-3(4)7(12)8(13)14/h1-2,7,11-12H,(H,13,14). The van der Waals surface area contributed by atoms with Gasteiger partial charge in [-0.3, -0.25) is 0 Å². The molecule has 1 aromatic carbocycles. The normalized spacial score (nSPS) is 12.5. The van der Waals surface area contributed by atoms with Gasteiger partial charge < -0.3 is 15.3 Å². The molecule has 1 rings (SSSR count). The van der Waals surface area contributed by atoms with Crippen LogP contribution in [0.25, 0.3) is 0 Å². The third-order valence-corrected chi connectivity index (χ3v) is 1.59. The van der Waals surface area contributed by atoms with E-state index in [1.54, 1.807) is 0 Å². The van der Waals surface area contributed by atoms with Crippen molar-refractivity contribution in [2.24, 2.45) is 0 Å². The van der Waals surface area contributed by atoms with Gasteiger partial charge in [0.25, 0.3) is 0 Å². The second-order valence-corrected chi connectivity index (χ2v) is 2.57. The molecule has 1 unspecified atom stereocenters. The molecule has 6 heteroatoms. The lowest BCUT2D eigenvalue weighted by atomic mass is 10.1. The summed E-state index contributed by atoms with van der Waals surface area (Å²) in [6.07, 6.45) is -2.15. The van der Waals surface area contributed by atoms with Gasteiger partial charge in [0.2, 0.25) is 0 Å². The van der Waals surface area contributed by atoms with Gasteiger partial charge in [0, 0.05) is 11.6 Å². The molecule has 1 atom stereocenters. The van der Waals surface area contributed by atoms with Gasteiger partial charge >= 0.3 is 5.97 Å². The maximum absolute atomic E-state index is 12.9. The van der Waals surface area contributed by atoms with Crippen molar-refractivity contribution in [1.29, 1.82) is 0 Å². The van der Waals surface area contributed by atoms with E-state index in [0.29, 0.717) is 12.1 Å². The minimum Gasteiger partial charge on any atom is -0.505 e. The summed E-state index contributed by atoms with van der Waals surface area (Å²) in [6.45, 7) is 0. The van der Waals surface area contributed by atoms with Crippen LogP contribution in [-0.2, 0) is 4.79 Å². The number of aromatic hydroxyl groups is 1. The third-order valence-electron chi connectivity index (χ3n) is 1.59. The average molecular weight is 204 g/mol. The highest BCUT2D eigenvalue weighted by Crippen LogP contribution is 2.24. The Morgan fingerprint density at radius 3 is 2.36 bits per heavy atom. The van der Waals surface area contributed by atoms with Crippen LogP contribution in [-0.4, -0.2) is 21.3 Å². The van der Waals surface area contributed by atoms with E-state index in [4.69, 9.17) is 15.3 Å². The zero-order valence-corrected chi connectivity index (χ0v) is 6.74. The van der Waals surface area contributed by atoms with Crippen LogP contribution >= 0.6 is 0 Å². The maximum Gasteiger partial charge on any atom is 0.337 e. The first-order chi connectivity index (χ1) is 6.43. The minimum atomic E-state index is -2.15. The van der Waals surface area contributed by atoms with E-state index in [2.05, 4.69) is 0 Å². The van der Waals surface area contributed by atoms with Gasteiger partial charge in [-0.05, 0) is 6.07 Å². The largest absolute Gasteiger partial charge is 0.505 e. The molecule has 1 aromatic rings. The van der Waals surface area contributed by atoms with Crippen molar-refractivity contribution in [3.8, 4) is 5.75 Å². The van der Waals surface area contributed by atoms with Crippen LogP contribution in [0.5, 0.6) is 5.75 Å². The minimum absolute atomic E-state index is 0.400. The van der Waals surface area contributed by atoms with Crippen LogP contribution in [0.2, 0.25) is 0 Å². The molecule has 0 bridgehead atoms. The van der Waals surface area contributed by atoms with Crippen LogP contribution in [0.15, 0.2) is 12.1 Å². The Kier molecular flexibility index (Phi) is 2.66. The predicted octanol–water partition coefficient (Wildman–Crippen LogP) is 0.788. The number of aliphatic carboxylic acids is 1. The highest BCUT2D eigenvalue weighted by Gasteiger charge is 2.22. The molecule has 14 heavy (non-hydrogen) atoms. The van der Waals surface area contributed by atoms with Crippen molar-refractivity contribution in [1.82, 2.24) is 0 Å². The van der Waals surface area contributed by atoms with Gasteiger partial charge in [-0.15, -0.1) is 0 Å². The van der Waals surface area contributed by atoms with E-state index in [1.807, 2.05) is 0 Å². The predicted molar refractivity (Wildman–Crippen MR) is 40.6 cm³/mol. The van der Waals surface area contributed by atoms with E-state index < -0.39 is 35.0 Å². The second-order valence-electron chi connectivity index (χ2n) is 2.57. The number of halogens is 2. The summed E-state index contributed by atoms with van der Waals surface area (Å²) in [7, 11) is 0. The summed E-state index contributed by atoms with van der Waals surface area (Å²) in [4.78, 5) is 10.2.